The molecule has 2 aromatic rings. The van der Waals surface area contributed by atoms with E-state index in [1.807, 2.05) is 4.90 Å². The number of halogens is 1. The van der Waals surface area contributed by atoms with Crippen LogP contribution in [0.1, 0.15) is 31.2 Å². The molecule has 2 amide bonds. The minimum Gasteiger partial charge on any atom is -0.453 e. The molecule has 0 spiro atoms. The number of nitro groups is 1. The fourth-order valence-electron chi connectivity index (χ4n) is 4.29. The van der Waals surface area contributed by atoms with E-state index >= 15 is 0 Å². The summed E-state index contributed by atoms with van der Waals surface area (Å²) in [5.74, 6) is 5.02. The van der Waals surface area contributed by atoms with E-state index in [0.717, 1.165) is 51.2 Å². The molecule has 2 saturated heterocycles. The molecule has 4 rings (SSSR count). The quantitative estimate of drug-likeness (QED) is 0.396. The van der Waals surface area contributed by atoms with Gasteiger partial charge in [-0.2, -0.15) is 0 Å². The number of ether oxygens (including phenoxy) is 1. The smallest absolute Gasteiger partial charge is 0.318 e. The van der Waals surface area contributed by atoms with Crippen molar-refractivity contribution in [3.63, 3.8) is 0 Å². The van der Waals surface area contributed by atoms with E-state index < -0.39 is 10.7 Å². The van der Waals surface area contributed by atoms with Crippen molar-refractivity contribution in [1.29, 1.82) is 0 Å². The van der Waals surface area contributed by atoms with Gasteiger partial charge in [0.1, 0.15) is 5.75 Å². The number of non-ortho nitro benzene ring substituents is 1. The Bertz CT molecular complexity index is 1110. The van der Waals surface area contributed by atoms with E-state index in [4.69, 9.17) is 4.74 Å². The largest absolute Gasteiger partial charge is 0.453 e. The Labute approximate surface area is 197 Å². The van der Waals surface area contributed by atoms with Crippen molar-refractivity contribution in [1.82, 2.24) is 20.1 Å². The molecule has 2 fully saturated rings. The lowest BCUT2D eigenvalue weighted by Crippen LogP contribution is -2.47. The summed E-state index contributed by atoms with van der Waals surface area (Å²) >= 11 is 0. The maximum atomic E-state index is 14.2. The van der Waals surface area contributed by atoms with Crippen LogP contribution in [0.15, 0.2) is 36.7 Å². The van der Waals surface area contributed by atoms with Gasteiger partial charge in [0, 0.05) is 43.7 Å². The summed E-state index contributed by atoms with van der Waals surface area (Å²) in [7, 11) is 0. The number of rotatable bonds is 6. The summed E-state index contributed by atoms with van der Waals surface area (Å²) in [6, 6.07) is 4.80. The predicted octanol–water partition coefficient (Wildman–Crippen LogP) is 3.54. The first kappa shape index (κ1) is 23.4. The number of carbonyl (C=O) groups excluding carboxylic acids is 1. The minimum absolute atomic E-state index is 0.119. The molecule has 2 aliphatic rings. The molecule has 3 heterocycles. The fraction of sp³-hybridized carbons (Fsp3) is 0.417. The van der Waals surface area contributed by atoms with Gasteiger partial charge in [-0.3, -0.25) is 15.1 Å². The number of hydrogen-bond donors (Lipinski definition) is 1. The van der Waals surface area contributed by atoms with E-state index in [0.29, 0.717) is 5.56 Å². The standard InChI is InChI=1S/C24H26FN5O4/c25-21-15-19(30(32)33)7-8-23(21)34-22-9-11-26-16-18(22)5-3-10-27-24(31)29-14-4-6-20(29)17-28-12-1-2-13-28/h7-9,11,15-16,20H,1-2,4,6,10,12-14,17H2,(H,27,31). The molecule has 178 valence electrons. The average Bonchev–Trinajstić information content (AvgIpc) is 3.51. The van der Waals surface area contributed by atoms with E-state index in [2.05, 4.69) is 27.0 Å². The molecule has 0 bridgehead atoms. The zero-order chi connectivity index (χ0) is 23.9. The molecule has 1 atom stereocenters. The molecule has 0 aliphatic carbocycles. The van der Waals surface area contributed by atoms with Crippen LogP contribution in [0.2, 0.25) is 0 Å². The summed E-state index contributed by atoms with van der Waals surface area (Å²) in [5, 5.41) is 13.6. The third kappa shape index (κ3) is 5.80. The number of likely N-dealkylation sites (tertiary alicyclic amines) is 2. The Balaban J connectivity index is 1.35. The van der Waals surface area contributed by atoms with Crippen LogP contribution in [0.25, 0.3) is 0 Å². The Kier molecular flexibility index (Phi) is 7.54. The Morgan fingerprint density at radius 1 is 1.24 bits per heavy atom. The highest BCUT2D eigenvalue weighted by atomic mass is 19.1. The van der Waals surface area contributed by atoms with Crippen LogP contribution in [0.5, 0.6) is 11.5 Å². The number of hydrogen-bond acceptors (Lipinski definition) is 6. The molecular weight excluding hydrogens is 441 g/mol. The van der Waals surface area contributed by atoms with Crippen LogP contribution >= 0.6 is 0 Å². The lowest BCUT2D eigenvalue weighted by Gasteiger charge is -2.28. The molecule has 1 aromatic carbocycles. The second-order valence-electron chi connectivity index (χ2n) is 8.30. The number of aromatic nitrogens is 1. The number of nitro benzene ring substituents is 1. The summed E-state index contributed by atoms with van der Waals surface area (Å²) in [4.78, 5) is 31.1. The van der Waals surface area contributed by atoms with E-state index in [1.54, 1.807) is 0 Å². The van der Waals surface area contributed by atoms with Crippen LogP contribution in [-0.2, 0) is 0 Å². The van der Waals surface area contributed by atoms with E-state index in [9.17, 15) is 19.3 Å². The third-order valence-electron chi connectivity index (χ3n) is 5.98. The number of carbonyl (C=O) groups is 1. The SMILES string of the molecule is O=C(NCC#Cc1cnccc1Oc1ccc([N+](=O)[O-])cc1F)N1CCCC1CN1CCCC1. The topological polar surface area (TPSA) is 101 Å². The highest BCUT2D eigenvalue weighted by Gasteiger charge is 2.30. The summed E-state index contributed by atoms with van der Waals surface area (Å²) in [6.45, 7) is 4.04. The second kappa shape index (κ2) is 10.9. The van der Waals surface area contributed by atoms with Crippen molar-refractivity contribution in [2.75, 3.05) is 32.7 Å². The van der Waals surface area contributed by atoms with Gasteiger partial charge >= 0.3 is 6.03 Å². The number of pyridine rings is 1. The molecule has 1 unspecified atom stereocenters. The van der Waals surface area contributed by atoms with Crippen LogP contribution in [0.3, 0.4) is 0 Å². The normalized spacial score (nSPS) is 17.8. The zero-order valence-corrected chi connectivity index (χ0v) is 18.7. The third-order valence-corrected chi connectivity index (χ3v) is 5.98. The van der Waals surface area contributed by atoms with Crippen LogP contribution < -0.4 is 10.1 Å². The van der Waals surface area contributed by atoms with Gasteiger partial charge in [0.15, 0.2) is 11.6 Å². The fourth-order valence-corrected chi connectivity index (χ4v) is 4.29. The minimum atomic E-state index is -0.855. The van der Waals surface area contributed by atoms with Gasteiger partial charge in [0.05, 0.1) is 23.1 Å². The lowest BCUT2D eigenvalue weighted by atomic mass is 10.2. The van der Waals surface area contributed by atoms with Gasteiger partial charge in [-0.05, 0) is 44.8 Å². The molecule has 0 radical (unpaired) electrons. The first-order valence-corrected chi connectivity index (χ1v) is 11.3. The van der Waals surface area contributed by atoms with Gasteiger partial charge in [0.2, 0.25) is 0 Å². The van der Waals surface area contributed by atoms with Crippen molar-refractivity contribution in [3.05, 3.63) is 58.2 Å². The summed E-state index contributed by atoms with van der Waals surface area (Å²) < 4.78 is 19.8. The molecule has 34 heavy (non-hydrogen) atoms. The Hall–Kier alpha value is -3.71. The van der Waals surface area contributed by atoms with Crippen LogP contribution in [0, 0.1) is 27.8 Å². The molecule has 1 aromatic heterocycles. The van der Waals surface area contributed by atoms with E-state index in [1.165, 1.54) is 37.4 Å². The second-order valence-corrected chi connectivity index (χ2v) is 8.30. The van der Waals surface area contributed by atoms with Crippen molar-refractivity contribution >= 4 is 11.7 Å². The van der Waals surface area contributed by atoms with Crippen molar-refractivity contribution in [3.8, 4) is 23.3 Å². The average molecular weight is 468 g/mol. The van der Waals surface area contributed by atoms with Crippen molar-refractivity contribution in [2.45, 2.75) is 31.7 Å². The maximum Gasteiger partial charge on any atom is 0.318 e. The van der Waals surface area contributed by atoms with Crippen molar-refractivity contribution in [2.24, 2.45) is 0 Å². The Morgan fingerprint density at radius 3 is 2.82 bits per heavy atom. The predicted molar refractivity (Wildman–Crippen MR) is 123 cm³/mol. The Morgan fingerprint density at radius 2 is 2.06 bits per heavy atom. The zero-order valence-electron chi connectivity index (χ0n) is 18.7. The lowest BCUT2D eigenvalue weighted by molar-refractivity contribution is -0.385. The molecule has 1 N–H and O–H groups in total. The molecule has 9 nitrogen and oxygen atoms in total. The monoisotopic (exact) mass is 467 g/mol. The number of nitrogens with one attached hydrogen (secondary N) is 1. The van der Waals surface area contributed by atoms with Gasteiger partial charge in [-0.1, -0.05) is 11.8 Å². The molecular formula is C24H26FN5O4. The van der Waals surface area contributed by atoms with Gasteiger partial charge < -0.3 is 19.9 Å². The van der Waals surface area contributed by atoms with Gasteiger partial charge in [-0.15, -0.1) is 0 Å². The van der Waals surface area contributed by atoms with Gasteiger partial charge in [-0.25, -0.2) is 9.18 Å². The summed E-state index contributed by atoms with van der Waals surface area (Å²) in [5.41, 5.74) is 0.0404. The number of nitrogens with zero attached hydrogens (tertiary/aromatic N) is 4. The molecule has 2 aliphatic heterocycles. The molecule has 0 saturated carbocycles. The highest BCUT2D eigenvalue weighted by Crippen LogP contribution is 2.29. The number of amides is 2. The maximum absolute atomic E-state index is 14.2. The highest BCUT2D eigenvalue weighted by molar-refractivity contribution is 5.75. The summed E-state index contributed by atoms with van der Waals surface area (Å²) in [6.07, 6.45) is 7.43. The first-order chi connectivity index (χ1) is 16.5. The number of benzene rings is 1. The van der Waals surface area contributed by atoms with Gasteiger partial charge in [0.25, 0.3) is 5.69 Å². The molecule has 10 heteroatoms. The van der Waals surface area contributed by atoms with Crippen LogP contribution in [-0.4, -0.2) is 64.5 Å². The van der Waals surface area contributed by atoms with E-state index in [-0.39, 0.29) is 35.8 Å². The van der Waals surface area contributed by atoms with Crippen LogP contribution in [0.4, 0.5) is 14.9 Å². The van der Waals surface area contributed by atoms with Crippen molar-refractivity contribution < 1.29 is 18.8 Å². The number of urea groups is 1. The first-order valence-electron chi connectivity index (χ1n) is 11.3.